The molecule has 1 aliphatic rings. The normalized spacial score (nSPS) is 16.9. The number of aryl methyl sites for hydroxylation is 1. The predicted octanol–water partition coefficient (Wildman–Crippen LogP) is 3.82. The van der Waals surface area contributed by atoms with Gasteiger partial charge in [-0.3, -0.25) is 0 Å². The van der Waals surface area contributed by atoms with Gasteiger partial charge in [0.15, 0.2) is 0 Å². The van der Waals surface area contributed by atoms with Gasteiger partial charge in [0, 0.05) is 4.90 Å². The molecule has 0 aromatic heterocycles. The number of rotatable bonds is 0. The summed E-state index contributed by atoms with van der Waals surface area (Å²) in [5.41, 5.74) is 12.2. The summed E-state index contributed by atoms with van der Waals surface area (Å²) < 4.78 is 0. The average Bonchev–Trinajstić information content (AvgIpc) is 2.53. The summed E-state index contributed by atoms with van der Waals surface area (Å²) in [5.74, 6) is 0. The second-order valence-electron chi connectivity index (χ2n) is 4.67. The van der Waals surface area contributed by atoms with E-state index < -0.39 is 0 Å². The fraction of sp³-hybridized carbons (Fsp3) is 0.125. The third-order valence-corrected chi connectivity index (χ3v) is 4.14. The second kappa shape index (κ2) is 4.30. The van der Waals surface area contributed by atoms with Crippen LogP contribution in [0.4, 0.5) is 0 Å². The molecular weight excluding hydrogens is 238 g/mol. The molecule has 0 heterocycles. The van der Waals surface area contributed by atoms with Crippen molar-refractivity contribution in [3.63, 3.8) is 0 Å². The van der Waals surface area contributed by atoms with E-state index >= 15 is 0 Å². The molecular formula is C16H15NS. The van der Waals surface area contributed by atoms with Crippen LogP contribution in [0.25, 0.3) is 12.2 Å². The van der Waals surface area contributed by atoms with E-state index in [9.17, 15) is 0 Å². The number of benzene rings is 2. The highest BCUT2D eigenvalue weighted by molar-refractivity contribution is 7.80. The first-order valence-corrected chi connectivity index (χ1v) is 6.48. The van der Waals surface area contributed by atoms with Gasteiger partial charge < -0.3 is 5.73 Å². The minimum Gasteiger partial charge on any atom is -0.320 e. The predicted molar refractivity (Wildman–Crippen MR) is 79.8 cm³/mol. The van der Waals surface area contributed by atoms with E-state index in [2.05, 4.69) is 56.0 Å². The molecule has 1 unspecified atom stereocenters. The first-order chi connectivity index (χ1) is 8.68. The maximum absolute atomic E-state index is 6.40. The highest BCUT2D eigenvalue weighted by atomic mass is 32.1. The Morgan fingerprint density at radius 1 is 1.00 bits per heavy atom. The molecule has 0 amide bonds. The van der Waals surface area contributed by atoms with Gasteiger partial charge in [-0.15, -0.1) is 12.6 Å². The first kappa shape index (κ1) is 11.6. The Hall–Kier alpha value is -1.51. The molecule has 90 valence electrons. The van der Waals surface area contributed by atoms with Crippen molar-refractivity contribution < 1.29 is 0 Å². The van der Waals surface area contributed by atoms with Gasteiger partial charge in [-0.05, 0) is 34.7 Å². The molecule has 2 aromatic carbocycles. The van der Waals surface area contributed by atoms with Crippen LogP contribution in [0.15, 0.2) is 41.3 Å². The van der Waals surface area contributed by atoms with Crippen molar-refractivity contribution in [1.29, 1.82) is 0 Å². The third kappa shape index (κ3) is 1.69. The quantitative estimate of drug-likeness (QED) is 0.686. The topological polar surface area (TPSA) is 26.0 Å². The van der Waals surface area contributed by atoms with E-state index in [0.717, 1.165) is 16.0 Å². The fourth-order valence-corrected chi connectivity index (χ4v) is 2.74. The van der Waals surface area contributed by atoms with Crippen molar-refractivity contribution in [1.82, 2.24) is 0 Å². The summed E-state index contributed by atoms with van der Waals surface area (Å²) in [6.45, 7) is 2.07. The van der Waals surface area contributed by atoms with Crippen LogP contribution in [-0.2, 0) is 0 Å². The van der Waals surface area contributed by atoms with Crippen LogP contribution in [0.3, 0.4) is 0 Å². The van der Waals surface area contributed by atoms with Crippen LogP contribution in [-0.4, -0.2) is 0 Å². The molecule has 0 saturated heterocycles. The van der Waals surface area contributed by atoms with Crippen molar-refractivity contribution in [3.8, 4) is 0 Å². The lowest BCUT2D eigenvalue weighted by Gasteiger charge is -2.17. The molecule has 0 aliphatic heterocycles. The monoisotopic (exact) mass is 253 g/mol. The average molecular weight is 253 g/mol. The zero-order valence-corrected chi connectivity index (χ0v) is 11.1. The standard InChI is InChI=1S/C16H15NS/c1-10-6-8-13-14(16(10)18)9-7-11-4-2-3-5-12(11)15(13)17/h2-9,15,18H,17H2,1H3. The number of fused-ring (bicyclic) bond motifs is 2. The zero-order chi connectivity index (χ0) is 12.7. The van der Waals surface area contributed by atoms with Gasteiger partial charge >= 0.3 is 0 Å². The number of thiol groups is 1. The second-order valence-corrected chi connectivity index (χ2v) is 5.12. The molecule has 2 heteroatoms. The summed E-state index contributed by atoms with van der Waals surface area (Å²) >= 11 is 4.61. The SMILES string of the molecule is Cc1ccc2c(c1S)C=Cc1ccccc1C2N. The van der Waals surface area contributed by atoms with Crippen molar-refractivity contribution in [2.45, 2.75) is 17.9 Å². The zero-order valence-electron chi connectivity index (χ0n) is 10.2. The minimum absolute atomic E-state index is 0.0855. The molecule has 0 spiro atoms. The third-order valence-electron chi connectivity index (χ3n) is 3.55. The van der Waals surface area contributed by atoms with Gasteiger partial charge in [0.2, 0.25) is 0 Å². The number of hydrogen-bond acceptors (Lipinski definition) is 2. The summed E-state index contributed by atoms with van der Waals surface area (Å²) in [7, 11) is 0. The summed E-state index contributed by atoms with van der Waals surface area (Å²) in [5, 5.41) is 0. The molecule has 0 fully saturated rings. The van der Waals surface area contributed by atoms with Crippen LogP contribution in [0.5, 0.6) is 0 Å². The Bertz CT molecular complexity index is 644. The molecule has 0 bridgehead atoms. The Morgan fingerprint density at radius 3 is 2.61 bits per heavy atom. The van der Waals surface area contributed by atoms with Crippen molar-refractivity contribution >= 4 is 24.8 Å². The van der Waals surface area contributed by atoms with Crippen molar-refractivity contribution in [2.24, 2.45) is 5.73 Å². The van der Waals surface area contributed by atoms with Crippen molar-refractivity contribution in [3.05, 3.63) is 64.2 Å². The van der Waals surface area contributed by atoms with Crippen LogP contribution in [0, 0.1) is 6.92 Å². The van der Waals surface area contributed by atoms with Crippen LogP contribution < -0.4 is 5.73 Å². The molecule has 0 saturated carbocycles. The molecule has 1 atom stereocenters. The van der Waals surface area contributed by atoms with E-state index in [1.807, 2.05) is 12.1 Å². The van der Waals surface area contributed by atoms with E-state index in [0.29, 0.717) is 0 Å². The Kier molecular flexibility index (Phi) is 2.77. The maximum atomic E-state index is 6.40. The van der Waals surface area contributed by atoms with E-state index in [1.54, 1.807) is 0 Å². The Morgan fingerprint density at radius 2 is 1.78 bits per heavy atom. The van der Waals surface area contributed by atoms with Crippen LogP contribution >= 0.6 is 12.6 Å². The molecule has 0 radical (unpaired) electrons. The molecule has 2 aromatic rings. The van der Waals surface area contributed by atoms with Crippen LogP contribution in [0.1, 0.15) is 33.9 Å². The summed E-state index contributed by atoms with van der Waals surface area (Å²) in [4.78, 5) is 1.02. The largest absolute Gasteiger partial charge is 0.320 e. The Balaban J connectivity index is 2.29. The molecule has 2 N–H and O–H groups in total. The highest BCUT2D eigenvalue weighted by Crippen LogP contribution is 2.35. The van der Waals surface area contributed by atoms with Gasteiger partial charge in [-0.1, -0.05) is 48.6 Å². The first-order valence-electron chi connectivity index (χ1n) is 6.03. The number of nitrogens with two attached hydrogens (primary N) is 1. The van der Waals surface area contributed by atoms with Gasteiger partial charge in [-0.25, -0.2) is 0 Å². The van der Waals surface area contributed by atoms with Gasteiger partial charge in [0.1, 0.15) is 0 Å². The maximum Gasteiger partial charge on any atom is 0.0563 e. The van der Waals surface area contributed by atoms with Crippen LogP contribution in [0.2, 0.25) is 0 Å². The molecule has 1 nitrogen and oxygen atoms in total. The van der Waals surface area contributed by atoms with Gasteiger partial charge in [0.25, 0.3) is 0 Å². The van der Waals surface area contributed by atoms with Crippen molar-refractivity contribution in [2.75, 3.05) is 0 Å². The molecule has 1 aliphatic carbocycles. The highest BCUT2D eigenvalue weighted by Gasteiger charge is 2.19. The summed E-state index contributed by atoms with van der Waals surface area (Å²) in [6, 6.07) is 12.4. The van der Waals surface area contributed by atoms with E-state index in [1.165, 1.54) is 16.7 Å². The fourth-order valence-electron chi connectivity index (χ4n) is 2.47. The lowest BCUT2D eigenvalue weighted by molar-refractivity contribution is 0.862. The van der Waals surface area contributed by atoms with E-state index in [4.69, 9.17) is 5.73 Å². The lowest BCUT2D eigenvalue weighted by atomic mass is 9.94. The Labute approximate surface area is 113 Å². The number of hydrogen-bond donors (Lipinski definition) is 2. The van der Waals surface area contributed by atoms with Gasteiger partial charge in [-0.2, -0.15) is 0 Å². The smallest absolute Gasteiger partial charge is 0.0563 e. The molecule has 3 rings (SSSR count). The summed E-state index contributed by atoms with van der Waals surface area (Å²) in [6.07, 6.45) is 4.25. The lowest BCUT2D eigenvalue weighted by Crippen LogP contribution is -2.13. The van der Waals surface area contributed by atoms with E-state index in [-0.39, 0.29) is 6.04 Å². The van der Waals surface area contributed by atoms with Gasteiger partial charge in [0.05, 0.1) is 6.04 Å². The molecule has 18 heavy (non-hydrogen) atoms. The minimum atomic E-state index is -0.0855.